The zero-order valence-electron chi connectivity index (χ0n) is 17.2. The molecule has 7 heteroatoms. The zero-order chi connectivity index (χ0) is 20.3. The fourth-order valence-corrected chi connectivity index (χ4v) is 4.13. The molecule has 2 N–H and O–H groups in total. The average molecular weight is 526 g/mol. The van der Waals surface area contributed by atoms with Gasteiger partial charge in [0.1, 0.15) is 11.6 Å². The Morgan fingerprint density at radius 2 is 1.73 bits per heavy atom. The van der Waals surface area contributed by atoms with Crippen LogP contribution < -0.4 is 15.5 Å². The summed E-state index contributed by atoms with van der Waals surface area (Å²) in [6.07, 6.45) is 4.05. The van der Waals surface area contributed by atoms with E-state index in [0.717, 1.165) is 62.5 Å². The van der Waals surface area contributed by atoms with Gasteiger partial charge in [-0.1, -0.05) is 18.2 Å². The van der Waals surface area contributed by atoms with Crippen molar-refractivity contribution in [2.24, 2.45) is 4.99 Å². The normalized spacial score (nSPS) is 18.5. The topological polar surface area (TPSA) is 39.7 Å². The first-order chi connectivity index (χ1) is 14.1. The van der Waals surface area contributed by atoms with Crippen LogP contribution in [0.15, 0.2) is 53.5 Å². The van der Waals surface area contributed by atoms with Crippen molar-refractivity contribution < 1.29 is 8.78 Å². The van der Waals surface area contributed by atoms with Crippen molar-refractivity contribution in [1.29, 1.82) is 0 Å². The third kappa shape index (κ3) is 5.42. The third-order valence-corrected chi connectivity index (χ3v) is 6.12. The van der Waals surface area contributed by atoms with Crippen molar-refractivity contribution in [1.82, 2.24) is 10.6 Å². The molecular weight excluding hydrogens is 497 g/mol. The van der Waals surface area contributed by atoms with Crippen LogP contribution >= 0.6 is 24.0 Å². The number of hydrogen-bond acceptors (Lipinski definition) is 2. The van der Waals surface area contributed by atoms with Crippen LogP contribution in [0.3, 0.4) is 0 Å². The highest BCUT2D eigenvalue weighted by Gasteiger charge is 2.44. The van der Waals surface area contributed by atoms with E-state index in [9.17, 15) is 8.78 Å². The van der Waals surface area contributed by atoms with Gasteiger partial charge in [0.15, 0.2) is 5.96 Å². The molecule has 0 unspecified atom stereocenters. The summed E-state index contributed by atoms with van der Waals surface area (Å²) in [4.78, 5) is 6.59. The summed E-state index contributed by atoms with van der Waals surface area (Å²) >= 11 is 0. The van der Waals surface area contributed by atoms with E-state index in [0.29, 0.717) is 6.04 Å². The zero-order valence-corrected chi connectivity index (χ0v) is 19.5. The molecule has 1 heterocycles. The summed E-state index contributed by atoms with van der Waals surface area (Å²) in [7, 11) is 1.78. The van der Waals surface area contributed by atoms with Crippen molar-refractivity contribution >= 4 is 35.6 Å². The lowest BCUT2D eigenvalue weighted by atomic mass is 9.96. The molecular formula is C23H29F2IN4. The maximum atomic E-state index is 13.6. The van der Waals surface area contributed by atoms with Crippen LogP contribution in [-0.2, 0) is 5.41 Å². The Balaban J connectivity index is 0.00000256. The smallest absolute Gasteiger partial charge is 0.191 e. The molecule has 2 fully saturated rings. The number of nitrogens with zero attached hydrogens (tertiary/aromatic N) is 2. The van der Waals surface area contributed by atoms with Gasteiger partial charge in [0, 0.05) is 43.8 Å². The number of rotatable bonds is 5. The average Bonchev–Trinajstić information content (AvgIpc) is 3.53. The SMILES string of the molecule is CN=C(NCC1(c2cccc(F)c2)CC1)NC1CCN(c2cccc(F)c2)CC1.I. The largest absolute Gasteiger partial charge is 0.371 e. The maximum absolute atomic E-state index is 13.6. The van der Waals surface area contributed by atoms with Gasteiger partial charge >= 0.3 is 0 Å². The summed E-state index contributed by atoms with van der Waals surface area (Å²) in [6.45, 7) is 2.51. The third-order valence-electron chi connectivity index (χ3n) is 6.12. The summed E-state index contributed by atoms with van der Waals surface area (Å²) in [5.74, 6) is 0.415. The van der Waals surface area contributed by atoms with Crippen molar-refractivity contribution in [2.45, 2.75) is 37.1 Å². The van der Waals surface area contributed by atoms with Crippen LogP contribution in [0.2, 0.25) is 0 Å². The first-order valence-electron chi connectivity index (χ1n) is 10.3. The van der Waals surface area contributed by atoms with Gasteiger partial charge < -0.3 is 15.5 Å². The van der Waals surface area contributed by atoms with E-state index in [1.807, 2.05) is 12.1 Å². The van der Waals surface area contributed by atoms with Gasteiger partial charge in [0.2, 0.25) is 0 Å². The van der Waals surface area contributed by atoms with Crippen molar-refractivity contribution in [3.05, 3.63) is 65.7 Å². The quantitative estimate of drug-likeness (QED) is 0.344. The van der Waals surface area contributed by atoms with E-state index in [1.54, 1.807) is 31.3 Å². The Morgan fingerprint density at radius 3 is 2.33 bits per heavy atom. The molecule has 0 atom stereocenters. The highest BCUT2D eigenvalue weighted by molar-refractivity contribution is 14.0. The number of guanidine groups is 1. The maximum Gasteiger partial charge on any atom is 0.191 e. The molecule has 0 spiro atoms. The second-order valence-corrected chi connectivity index (χ2v) is 8.10. The van der Waals surface area contributed by atoms with Crippen LogP contribution in [0.5, 0.6) is 0 Å². The number of nitrogens with one attached hydrogen (secondary N) is 2. The van der Waals surface area contributed by atoms with Crippen LogP contribution in [-0.4, -0.2) is 38.7 Å². The van der Waals surface area contributed by atoms with Crippen LogP contribution in [0.1, 0.15) is 31.2 Å². The van der Waals surface area contributed by atoms with Gasteiger partial charge in [-0.3, -0.25) is 4.99 Å². The number of halogens is 3. The summed E-state index contributed by atoms with van der Waals surface area (Å²) in [5.41, 5.74) is 2.01. The fraction of sp³-hybridized carbons (Fsp3) is 0.435. The lowest BCUT2D eigenvalue weighted by Crippen LogP contribution is -2.50. The van der Waals surface area contributed by atoms with Gasteiger partial charge in [-0.05, 0) is 61.6 Å². The van der Waals surface area contributed by atoms with E-state index in [4.69, 9.17) is 0 Å². The molecule has 30 heavy (non-hydrogen) atoms. The second kappa shape index (κ2) is 9.94. The number of anilines is 1. The Kier molecular flexibility index (Phi) is 7.55. The van der Waals surface area contributed by atoms with Crippen LogP contribution in [0.25, 0.3) is 0 Å². The number of benzene rings is 2. The Bertz CT molecular complexity index is 877. The minimum Gasteiger partial charge on any atom is -0.371 e. The van der Waals surface area contributed by atoms with Crippen molar-refractivity contribution in [2.75, 3.05) is 31.6 Å². The molecule has 1 saturated carbocycles. The number of aliphatic imine (C=N–C) groups is 1. The highest BCUT2D eigenvalue weighted by atomic mass is 127. The molecule has 0 bridgehead atoms. The van der Waals surface area contributed by atoms with Gasteiger partial charge in [-0.25, -0.2) is 8.78 Å². The molecule has 2 aromatic rings. The van der Waals surface area contributed by atoms with Crippen LogP contribution in [0, 0.1) is 11.6 Å². The van der Waals surface area contributed by atoms with Gasteiger partial charge in [-0.15, -0.1) is 24.0 Å². The predicted octanol–water partition coefficient (Wildman–Crippen LogP) is 4.45. The molecule has 0 radical (unpaired) electrons. The van der Waals surface area contributed by atoms with E-state index in [2.05, 4.69) is 20.5 Å². The number of piperidine rings is 1. The molecule has 4 nitrogen and oxygen atoms in total. The molecule has 1 saturated heterocycles. The van der Waals surface area contributed by atoms with Crippen LogP contribution in [0.4, 0.5) is 14.5 Å². The van der Waals surface area contributed by atoms with E-state index in [-0.39, 0.29) is 41.0 Å². The molecule has 0 amide bonds. The first-order valence-corrected chi connectivity index (χ1v) is 10.3. The Morgan fingerprint density at radius 1 is 1.07 bits per heavy atom. The van der Waals surface area contributed by atoms with Gasteiger partial charge in [-0.2, -0.15) is 0 Å². The molecule has 1 aliphatic heterocycles. The van der Waals surface area contributed by atoms with E-state index in [1.165, 1.54) is 12.1 Å². The van der Waals surface area contributed by atoms with Gasteiger partial charge in [0.25, 0.3) is 0 Å². The lowest BCUT2D eigenvalue weighted by molar-refractivity contribution is 0.459. The molecule has 2 aliphatic rings. The summed E-state index contributed by atoms with van der Waals surface area (Å²) < 4.78 is 27.1. The molecule has 162 valence electrons. The fourth-order valence-electron chi connectivity index (χ4n) is 4.13. The van der Waals surface area contributed by atoms with Gasteiger partial charge in [0.05, 0.1) is 0 Å². The first kappa shape index (κ1) is 22.8. The Hall–Kier alpha value is -1.90. The number of hydrogen-bond donors (Lipinski definition) is 2. The molecule has 0 aromatic heterocycles. The minimum absolute atomic E-state index is 0. The van der Waals surface area contributed by atoms with E-state index >= 15 is 0 Å². The minimum atomic E-state index is -0.195. The van der Waals surface area contributed by atoms with Crippen molar-refractivity contribution in [3.63, 3.8) is 0 Å². The highest BCUT2D eigenvalue weighted by Crippen LogP contribution is 2.47. The Labute approximate surface area is 194 Å². The lowest BCUT2D eigenvalue weighted by Gasteiger charge is -2.34. The molecule has 1 aliphatic carbocycles. The standard InChI is InChI=1S/C23H28F2N4.HI/c1-26-22(27-16-23(10-11-23)17-4-2-5-18(24)14-17)28-20-8-12-29(13-9-20)21-7-3-6-19(25)15-21;/h2-7,14-15,20H,8-13,16H2,1H3,(H2,26,27,28);1H. The molecule has 2 aromatic carbocycles. The van der Waals surface area contributed by atoms with E-state index < -0.39 is 0 Å². The summed E-state index contributed by atoms with van der Waals surface area (Å²) in [6, 6.07) is 14.0. The van der Waals surface area contributed by atoms with Crippen molar-refractivity contribution in [3.8, 4) is 0 Å². The molecule has 4 rings (SSSR count). The second-order valence-electron chi connectivity index (χ2n) is 8.10. The predicted molar refractivity (Wildman–Crippen MR) is 129 cm³/mol. The summed E-state index contributed by atoms with van der Waals surface area (Å²) in [5, 5.41) is 6.96. The monoisotopic (exact) mass is 526 g/mol.